The third-order valence-corrected chi connectivity index (χ3v) is 8.36. The maximum absolute atomic E-state index is 14.3. The molecule has 222 valence electrons. The van der Waals surface area contributed by atoms with Crippen molar-refractivity contribution in [1.29, 1.82) is 0 Å². The monoisotopic (exact) mass is 712 g/mol. The van der Waals surface area contributed by atoms with E-state index < -0.39 is 29.2 Å². The van der Waals surface area contributed by atoms with E-state index in [9.17, 15) is 13.6 Å². The second kappa shape index (κ2) is 13.8. The van der Waals surface area contributed by atoms with Crippen LogP contribution in [0.3, 0.4) is 0 Å². The van der Waals surface area contributed by atoms with Crippen molar-refractivity contribution < 1.29 is 28.2 Å². The molecule has 0 saturated heterocycles. The van der Waals surface area contributed by atoms with E-state index in [1.165, 1.54) is 6.07 Å². The highest BCUT2D eigenvalue weighted by atomic mass is 79.9. The van der Waals surface area contributed by atoms with Crippen LogP contribution in [0.5, 0.6) is 5.75 Å². The minimum atomic E-state index is -1.46. The molecule has 0 fully saturated rings. The van der Waals surface area contributed by atoms with E-state index in [1.807, 2.05) is 48.5 Å². The molecule has 0 aromatic heterocycles. The lowest BCUT2D eigenvalue weighted by molar-refractivity contribution is -0.129. The van der Waals surface area contributed by atoms with E-state index in [0.29, 0.717) is 29.9 Å². The molecule has 1 amide bonds. The van der Waals surface area contributed by atoms with Crippen LogP contribution in [0.2, 0.25) is 0 Å². The maximum Gasteiger partial charge on any atom is 0.252 e. The third-order valence-electron chi connectivity index (χ3n) is 7.06. The van der Waals surface area contributed by atoms with E-state index in [0.717, 1.165) is 32.2 Å². The number of nitrogens with zero attached hydrogens (tertiary/aromatic N) is 1. The Morgan fingerprint density at radius 3 is 2.42 bits per heavy atom. The quantitative estimate of drug-likeness (QED) is 0.163. The molecule has 10 heteroatoms. The summed E-state index contributed by atoms with van der Waals surface area (Å²) in [4.78, 5) is 19.3. The van der Waals surface area contributed by atoms with Gasteiger partial charge in [-0.15, -0.1) is 0 Å². The first-order valence-electron chi connectivity index (χ1n) is 13.6. The second-order valence-corrected chi connectivity index (χ2v) is 11.8. The lowest BCUT2D eigenvalue weighted by Gasteiger charge is -2.31. The summed E-state index contributed by atoms with van der Waals surface area (Å²) in [6.45, 7) is 0.385. The average molecular weight is 714 g/mol. The van der Waals surface area contributed by atoms with Crippen molar-refractivity contribution in [3.63, 3.8) is 0 Å². The molecule has 1 aliphatic rings. The number of halogens is 4. The molecular formula is C33H28Br2F2N2O4. The molecule has 1 aliphatic heterocycles. The zero-order valence-electron chi connectivity index (χ0n) is 22.9. The van der Waals surface area contributed by atoms with Gasteiger partial charge in [0.05, 0.1) is 6.61 Å². The summed E-state index contributed by atoms with van der Waals surface area (Å²) in [6.07, 6.45) is -0.109. The maximum atomic E-state index is 14.3. The molecule has 1 heterocycles. The Morgan fingerprint density at radius 1 is 0.977 bits per heavy atom. The second-order valence-electron chi connectivity index (χ2n) is 10.0. The van der Waals surface area contributed by atoms with Crippen LogP contribution in [-0.4, -0.2) is 35.7 Å². The number of ether oxygens (including phenoxy) is 2. The van der Waals surface area contributed by atoms with Gasteiger partial charge < -0.3 is 19.9 Å². The van der Waals surface area contributed by atoms with Gasteiger partial charge in [0, 0.05) is 40.5 Å². The predicted octanol–water partition coefficient (Wildman–Crippen LogP) is 7.07. The summed E-state index contributed by atoms with van der Waals surface area (Å²) in [5, 5.41) is 11.9. The summed E-state index contributed by atoms with van der Waals surface area (Å²) in [5.41, 5.74) is 1.18. The first-order chi connectivity index (χ1) is 20.8. The Labute approximate surface area is 265 Å². The lowest BCUT2D eigenvalue weighted by atomic mass is 9.82. The number of nitrogens with one attached hydrogen (secondary N) is 1. The third kappa shape index (κ3) is 7.14. The van der Waals surface area contributed by atoms with Gasteiger partial charge in [-0.25, -0.2) is 13.8 Å². The number of carbonyl (C=O) groups is 1. The van der Waals surface area contributed by atoms with E-state index in [-0.39, 0.29) is 25.5 Å². The van der Waals surface area contributed by atoms with Crippen molar-refractivity contribution in [2.24, 2.45) is 4.99 Å². The van der Waals surface area contributed by atoms with Gasteiger partial charge in [0.1, 0.15) is 5.75 Å². The highest BCUT2D eigenvalue weighted by Crippen LogP contribution is 2.43. The highest BCUT2D eigenvalue weighted by molar-refractivity contribution is 9.10. The number of benzene rings is 4. The van der Waals surface area contributed by atoms with Crippen molar-refractivity contribution in [2.75, 3.05) is 13.2 Å². The fraction of sp³-hybridized carbons (Fsp3) is 0.212. The Hall–Kier alpha value is -3.60. The number of aliphatic imine (C=N–C) groups is 1. The van der Waals surface area contributed by atoms with E-state index in [2.05, 4.69) is 37.2 Å². The summed E-state index contributed by atoms with van der Waals surface area (Å²) >= 11 is 7.09. The van der Waals surface area contributed by atoms with Crippen LogP contribution in [0.15, 0.2) is 105 Å². The van der Waals surface area contributed by atoms with Crippen molar-refractivity contribution >= 4 is 43.7 Å². The molecule has 4 aromatic rings. The highest BCUT2D eigenvalue weighted by Gasteiger charge is 2.53. The molecule has 5 rings (SSSR count). The molecule has 0 unspecified atom stereocenters. The lowest BCUT2D eigenvalue weighted by Crippen LogP contribution is -2.49. The number of aliphatic hydroxyl groups is 1. The van der Waals surface area contributed by atoms with E-state index in [4.69, 9.17) is 19.6 Å². The molecule has 0 radical (unpaired) electrons. The summed E-state index contributed by atoms with van der Waals surface area (Å²) < 4.78 is 41.3. The number of aliphatic hydroxyl groups excluding tert-OH is 1. The van der Waals surface area contributed by atoms with Gasteiger partial charge >= 0.3 is 0 Å². The van der Waals surface area contributed by atoms with Crippen molar-refractivity contribution in [2.45, 2.75) is 31.0 Å². The number of hydrogen-bond acceptors (Lipinski definition) is 5. The first kappa shape index (κ1) is 30.8. The van der Waals surface area contributed by atoms with Crippen LogP contribution in [0.1, 0.15) is 34.8 Å². The molecular weight excluding hydrogens is 686 g/mol. The standard InChI is InChI=1S/C33H28Br2F2N2O4/c34-25-11-7-22(8-12-25)30-33(19-24-4-1-2-5-27(24)35,32(41)38-20-21-6-15-28(36)29(37)18-21)39-31(43-30)23-9-13-26(14-10-23)42-17-3-16-40/h1-2,4-15,18,30,40H,3,16-17,19-20H2,(H,38,41)/t30-,33-/m1/s1. The van der Waals surface area contributed by atoms with Crippen molar-refractivity contribution in [1.82, 2.24) is 5.32 Å². The zero-order valence-corrected chi connectivity index (χ0v) is 26.1. The first-order valence-corrected chi connectivity index (χ1v) is 15.2. The summed E-state index contributed by atoms with van der Waals surface area (Å²) in [5.74, 6) is -1.47. The topological polar surface area (TPSA) is 80.2 Å². The Kier molecular flexibility index (Phi) is 9.90. The van der Waals surface area contributed by atoms with Crippen LogP contribution < -0.4 is 10.1 Å². The SMILES string of the molecule is O=C(NCc1ccc(F)c(F)c1)[C@]1(Cc2ccccc2Br)N=C(c2ccc(OCCCO)cc2)O[C@@H]1c1ccc(Br)cc1. The van der Waals surface area contributed by atoms with Gasteiger partial charge in [-0.05, 0) is 71.3 Å². The van der Waals surface area contributed by atoms with Gasteiger partial charge in [-0.1, -0.05) is 68.3 Å². The molecule has 0 bridgehead atoms. The van der Waals surface area contributed by atoms with Gasteiger partial charge in [0.25, 0.3) is 5.91 Å². The fourth-order valence-electron chi connectivity index (χ4n) is 4.84. The average Bonchev–Trinajstić information content (AvgIpc) is 3.40. The molecule has 43 heavy (non-hydrogen) atoms. The van der Waals surface area contributed by atoms with Gasteiger partial charge in [0.2, 0.25) is 5.90 Å². The largest absolute Gasteiger partial charge is 0.494 e. The molecule has 0 aliphatic carbocycles. The van der Waals surface area contributed by atoms with Crippen LogP contribution in [0.4, 0.5) is 8.78 Å². The smallest absolute Gasteiger partial charge is 0.252 e. The van der Waals surface area contributed by atoms with Gasteiger partial charge in [-0.2, -0.15) is 0 Å². The molecule has 0 saturated carbocycles. The molecule has 0 spiro atoms. The predicted molar refractivity (Wildman–Crippen MR) is 167 cm³/mol. The molecule has 2 atom stereocenters. The summed E-state index contributed by atoms with van der Waals surface area (Å²) in [6, 6.07) is 25.8. The van der Waals surface area contributed by atoms with Crippen LogP contribution in [-0.2, 0) is 22.5 Å². The van der Waals surface area contributed by atoms with Crippen LogP contribution >= 0.6 is 31.9 Å². The van der Waals surface area contributed by atoms with E-state index in [1.54, 1.807) is 24.3 Å². The van der Waals surface area contributed by atoms with Crippen LogP contribution in [0.25, 0.3) is 0 Å². The zero-order chi connectivity index (χ0) is 30.4. The van der Waals surface area contributed by atoms with Gasteiger partial charge in [0.15, 0.2) is 23.3 Å². The number of amides is 1. The Bertz CT molecular complexity index is 1620. The van der Waals surface area contributed by atoms with Crippen molar-refractivity contribution in [3.05, 3.63) is 134 Å². The van der Waals surface area contributed by atoms with Crippen LogP contribution in [0, 0.1) is 11.6 Å². The Balaban J connectivity index is 1.56. The number of hydrogen-bond donors (Lipinski definition) is 2. The normalized spacial score (nSPS) is 17.7. The summed E-state index contributed by atoms with van der Waals surface area (Å²) in [7, 11) is 0. The number of carbonyl (C=O) groups excluding carboxylic acids is 1. The fourth-order valence-corrected chi connectivity index (χ4v) is 5.53. The Morgan fingerprint density at radius 2 is 1.72 bits per heavy atom. The minimum Gasteiger partial charge on any atom is -0.494 e. The molecule has 6 nitrogen and oxygen atoms in total. The minimum absolute atomic E-state index is 0.0362. The van der Waals surface area contributed by atoms with E-state index >= 15 is 0 Å². The molecule has 2 N–H and O–H groups in total. The number of rotatable bonds is 11. The van der Waals surface area contributed by atoms with Crippen molar-refractivity contribution in [3.8, 4) is 5.75 Å². The van der Waals surface area contributed by atoms with Gasteiger partial charge in [-0.3, -0.25) is 4.79 Å². The molecule has 4 aromatic carbocycles.